The van der Waals surface area contributed by atoms with Crippen molar-refractivity contribution in [1.29, 1.82) is 0 Å². The van der Waals surface area contributed by atoms with Gasteiger partial charge in [0.2, 0.25) is 5.91 Å². The highest BCUT2D eigenvalue weighted by atomic mass is 16.2. The van der Waals surface area contributed by atoms with Gasteiger partial charge in [0.25, 0.3) is 0 Å². The van der Waals surface area contributed by atoms with E-state index in [0.29, 0.717) is 11.9 Å². The molecule has 0 aromatic heterocycles. The maximum absolute atomic E-state index is 11.6. The Hall–Kier alpha value is -0.570. The summed E-state index contributed by atoms with van der Waals surface area (Å²) in [6.45, 7) is 3.96. The Morgan fingerprint density at radius 1 is 1.62 bits per heavy atom. The van der Waals surface area contributed by atoms with Crippen LogP contribution >= 0.6 is 0 Å². The summed E-state index contributed by atoms with van der Waals surface area (Å²) in [7, 11) is 1.96. The molecule has 3 nitrogen and oxygen atoms in total. The molecule has 1 rings (SSSR count). The summed E-state index contributed by atoms with van der Waals surface area (Å²) in [5.41, 5.74) is 0. The second-order valence-electron chi connectivity index (χ2n) is 3.72. The van der Waals surface area contributed by atoms with Crippen LogP contribution in [0.5, 0.6) is 0 Å². The van der Waals surface area contributed by atoms with Gasteiger partial charge in [-0.3, -0.25) is 4.79 Å². The Kier molecular flexibility index (Phi) is 4.22. The molecule has 1 atom stereocenters. The third kappa shape index (κ3) is 2.99. The predicted molar refractivity (Wildman–Crippen MR) is 53.6 cm³/mol. The molecule has 0 spiro atoms. The molecular formula is C10H20N2O. The van der Waals surface area contributed by atoms with Crippen molar-refractivity contribution in [2.45, 2.75) is 38.6 Å². The van der Waals surface area contributed by atoms with Gasteiger partial charge in [-0.15, -0.1) is 0 Å². The molecule has 1 N–H and O–H groups in total. The lowest BCUT2D eigenvalue weighted by Gasteiger charge is -2.15. The van der Waals surface area contributed by atoms with Gasteiger partial charge in [-0.2, -0.15) is 0 Å². The number of likely N-dealkylation sites (tertiary alicyclic amines) is 1. The summed E-state index contributed by atoms with van der Waals surface area (Å²) in [6, 6.07) is 0.519. The lowest BCUT2D eigenvalue weighted by molar-refractivity contribution is -0.130. The largest absolute Gasteiger partial charge is 0.341 e. The van der Waals surface area contributed by atoms with Crippen LogP contribution in [0.15, 0.2) is 0 Å². The smallest absolute Gasteiger partial charge is 0.222 e. The van der Waals surface area contributed by atoms with Crippen LogP contribution in [0, 0.1) is 0 Å². The van der Waals surface area contributed by atoms with Crippen LogP contribution in [0.2, 0.25) is 0 Å². The van der Waals surface area contributed by atoms with Gasteiger partial charge < -0.3 is 10.2 Å². The van der Waals surface area contributed by atoms with Gasteiger partial charge in [0.05, 0.1) is 0 Å². The standard InChI is InChI=1S/C10H20N2O/c1-3-4-5-10(13)12-7-6-9(8-12)11-2/h9,11H,3-8H2,1-2H3/t9-/m0/s1. The normalized spacial score (nSPS) is 22.3. The number of nitrogens with one attached hydrogen (secondary N) is 1. The first-order valence-electron chi connectivity index (χ1n) is 5.23. The maximum atomic E-state index is 11.6. The quantitative estimate of drug-likeness (QED) is 0.707. The van der Waals surface area contributed by atoms with E-state index in [1.807, 2.05) is 11.9 Å². The van der Waals surface area contributed by atoms with E-state index in [0.717, 1.165) is 38.8 Å². The second-order valence-corrected chi connectivity index (χ2v) is 3.72. The Balaban J connectivity index is 2.25. The van der Waals surface area contributed by atoms with Crippen LogP contribution < -0.4 is 5.32 Å². The van der Waals surface area contributed by atoms with E-state index >= 15 is 0 Å². The lowest BCUT2D eigenvalue weighted by atomic mass is 10.2. The number of hydrogen-bond donors (Lipinski definition) is 1. The maximum Gasteiger partial charge on any atom is 0.222 e. The molecule has 0 unspecified atom stereocenters. The molecule has 0 radical (unpaired) electrons. The molecule has 76 valence electrons. The van der Waals surface area contributed by atoms with Crippen molar-refractivity contribution in [3.63, 3.8) is 0 Å². The third-order valence-corrected chi connectivity index (χ3v) is 2.69. The zero-order valence-electron chi connectivity index (χ0n) is 8.68. The van der Waals surface area contributed by atoms with E-state index in [4.69, 9.17) is 0 Å². The van der Waals surface area contributed by atoms with Gasteiger partial charge in [0, 0.05) is 25.6 Å². The van der Waals surface area contributed by atoms with Crippen molar-refractivity contribution in [2.75, 3.05) is 20.1 Å². The zero-order chi connectivity index (χ0) is 9.68. The van der Waals surface area contributed by atoms with Crippen molar-refractivity contribution in [3.8, 4) is 0 Å². The average molecular weight is 184 g/mol. The van der Waals surface area contributed by atoms with E-state index < -0.39 is 0 Å². The summed E-state index contributed by atoms with van der Waals surface area (Å²) >= 11 is 0. The predicted octanol–water partition coefficient (Wildman–Crippen LogP) is 0.997. The van der Waals surface area contributed by atoms with E-state index in [-0.39, 0.29) is 0 Å². The molecule has 1 aliphatic rings. The lowest BCUT2D eigenvalue weighted by Crippen LogP contribution is -2.33. The highest BCUT2D eigenvalue weighted by molar-refractivity contribution is 5.76. The first-order chi connectivity index (χ1) is 6.27. The number of nitrogens with zero attached hydrogens (tertiary/aromatic N) is 1. The highest BCUT2D eigenvalue weighted by Gasteiger charge is 2.23. The van der Waals surface area contributed by atoms with Crippen molar-refractivity contribution >= 4 is 5.91 Å². The van der Waals surface area contributed by atoms with Gasteiger partial charge >= 0.3 is 0 Å². The topological polar surface area (TPSA) is 32.3 Å². The van der Waals surface area contributed by atoms with Gasteiger partial charge in [0.15, 0.2) is 0 Å². The second kappa shape index (κ2) is 5.22. The molecule has 1 amide bonds. The summed E-state index contributed by atoms with van der Waals surface area (Å²) in [6.07, 6.45) is 3.97. The average Bonchev–Trinajstić information content (AvgIpc) is 2.62. The Labute approximate surface area is 80.5 Å². The fourth-order valence-corrected chi connectivity index (χ4v) is 1.71. The number of rotatable bonds is 4. The highest BCUT2D eigenvalue weighted by Crippen LogP contribution is 2.11. The van der Waals surface area contributed by atoms with Crippen molar-refractivity contribution < 1.29 is 4.79 Å². The number of carbonyl (C=O) groups excluding carboxylic acids is 1. The fourth-order valence-electron chi connectivity index (χ4n) is 1.71. The molecule has 1 saturated heterocycles. The molecule has 0 saturated carbocycles. The van der Waals surface area contributed by atoms with Crippen molar-refractivity contribution in [3.05, 3.63) is 0 Å². The Morgan fingerprint density at radius 3 is 2.92 bits per heavy atom. The molecule has 13 heavy (non-hydrogen) atoms. The Morgan fingerprint density at radius 2 is 2.38 bits per heavy atom. The van der Waals surface area contributed by atoms with Crippen LogP contribution in [0.1, 0.15) is 32.6 Å². The minimum atomic E-state index is 0.333. The van der Waals surface area contributed by atoms with Gasteiger partial charge in [-0.1, -0.05) is 13.3 Å². The van der Waals surface area contributed by atoms with Gasteiger partial charge in [0.1, 0.15) is 0 Å². The number of hydrogen-bond acceptors (Lipinski definition) is 2. The molecule has 0 aromatic rings. The summed E-state index contributed by atoms with van der Waals surface area (Å²) in [5, 5.41) is 3.21. The fraction of sp³-hybridized carbons (Fsp3) is 0.900. The molecule has 0 aliphatic carbocycles. The molecule has 3 heteroatoms. The van der Waals surface area contributed by atoms with Crippen LogP contribution in [0.25, 0.3) is 0 Å². The zero-order valence-corrected chi connectivity index (χ0v) is 8.68. The molecule has 1 aliphatic heterocycles. The Bertz CT molecular complexity index is 170. The van der Waals surface area contributed by atoms with E-state index in [1.165, 1.54) is 0 Å². The van der Waals surface area contributed by atoms with Crippen LogP contribution in [0.3, 0.4) is 0 Å². The SMILES string of the molecule is CCCCC(=O)N1CC[C@H](NC)C1. The summed E-state index contributed by atoms with van der Waals surface area (Å²) in [5.74, 6) is 0.333. The number of likely N-dealkylation sites (N-methyl/N-ethyl adjacent to an activating group) is 1. The van der Waals surface area contributed by atoms with E-state index in [1.54, 1.807) is 0 Å². The molecule has 0 aromatic carbocycles. The van der Waals surface area contributed by atoms with Gasteiger partial charge in [-0.25, -0.2) is 0 Å². The van der Waals surface area contributed by atoms with Crippen LogP contribution in [-0.4, -0.2) is 37.0 Å². The van der Waals surface area contributed by atoms with E-state index in [2.05, 4.69) is 12.2 Å². The molecule has 1 heterocycles. The minimum Gasteiger partial charge on any atom is -0.341 e. The van der Waals surface area contributed by atoms with E-state index in [9.17, 15) is 4.79 Å². The van der Waals surface area contributed by atoms with Gasteiger partial charge in [-0.05, 0) is 19.9 Å². The number of unbranched alkanes of at least 4 members (excludes halogenated alkanes) is 1. The minimum absolute atomic E-state index is 0.333. The third-order valence-electron chi connectivity index (χ3n) is 2.69. The van der Waals surface area contributed by atoms with Crippen LogP contribution in [-0.2, 0) is 4.79 Å². The first-order valence-corrected chi connectivity index (χ1v) is 5.23. The van der Waals surface area contributed by atoms with Crippen LogP contribution in [0.4, 0.5) is 0 Å². The molecule has 1 fully saturated rings. The summed E-state index contributed by atoms with van der Waals surface area (Å²) < 4.78 is 0. The monoisotopic (exact) mass is 184 g/mol. The number of carbonyl (C=O) groups is 1. The summed E-state index contributed by atoms with van der Waals surface area (Å²) in [4.78, 5) is 13.5. The van der Waals surface area contributed by atoms with Crippen molar-refractivity contribution in [1.82, 2.24) is 10.2 Å². The first kappa shape index (κ1) is 10.5. The molecule has 0 bridgehead atoms. The number of amides is 1. The molecular weight excluding hydrogens is 164 g/mol. The van der Waals surface area contributed by atoms with Crippen molar-refractivity contribution in [2.24, 2.45) is 0 Å².